The number of nitrogens with zero attached hydrogens (tertiary/aromatic N) is 1. The van der Waals surface area contributed by atoms with Crippen molar-refractivity contribution in [3.63, 3.8) is 0 Å². The second-order valence-electron chi connectivity index (χ2n) is 6.76. The van der Waals surface area contributed by atoms with E-state index in [1.54, 1.807) is 11.3 Å². The van der Waals surface area contributed by atoms with Crippen molar-refractivity contribution in [2.45, 2.75) is 31.2 Å². The zero-order chi connectivity index (χ0) is 21.7. The molecule has 1 aromatic heterocycles. The molecular weight excluding hydrogens is 425 g/mol. The number of hydrogen-bond donors (Lipinski definition) is 2. The maximum atomic E-state index is 13.7. The van der Waals surface area contributed by atoms with Gasteiger partial charge < -0.3 is 5.32 Å². The standard InChI is InChI=1S/C21H22FN3O3S2/c1-14(25-30(27,28)20-6-4-3-5-18(20)22)21(26)23-12-11-16-7-9-17(10-8-16)19-13-29-15(2)24-19/h3-10,13-14,25H,11-12H2,1-2H3,(H,23,26)/t14-/m0/s1. The molecular formula is C21H22FN3O3S2. The van der Waals surface area contributed by atoms with Crippen molar-refractivity contribution in [2.24, 2.45) is 0 Å². The van der Waals surface area contributed by atoms with Crippen LogP contribution in [0.25, 0.3) is 11.3 Å². The highest BCUT2D eigenvalue weighted by Gasteiger charge is 2.24. The van der Waals surface area contributed by atoms with E-state index in [2.05, 4.69) is 15.0 Å². The summed E-state index contributed by atoms with van der Waals surface area (Å²) < 4.78 is 40.5. The number of rotatable bonds is 8. The maximum absolute atomic E-state index is 13.7. The first-order chi connectivity index (χ1) is 14.3. The second-order valence-corrected chi connectivity index (χ2v) is 9.51. The van der Waals surface area contributed by atoms with Crippen molar-refractivity contribution in [1.82, 2.24) is 15.0 Å². The summed E-state index contributed by atoms with van der Waals surface area (Å²) in [5.41, 5.74) is 3.00. The van der Waals surface area contributed by atoms with Gasteiger partial charge in [0.05, 0.1) is 16.7 Å². The monoisotopic (exact) mass is 447 g/mol. The molecule has 2 aromatic carbocycles. The molecule has 3 rings (SSSR count). The van der Waals surface area contributed by atoms with E-state index in [0.717, 1.165) is 34.0 Å². The summed E-state index contributed by atoms with van der Waals surface area (Å²) in [6, 6.07) is 11.9. The van der Waals surface area contributed by atoms with Crippen molar-refractivity contribution in [3.05, 3.63) is 70.3 Å². The summed E-state index contributed by atoms with van der Waals surface area (Å²) in [7, 11) is -4.13. The Kier molecular flexibility index (Phi) is 6.96. The highest BCUT2D eigenvalue weighted by atomic mass is 32.2. The average Bonchev–Trinajstić information content (AvgIpc) is 3.14. The smallest absolute Gasteiger partial charge is 0.244 e. The zero-order valence-electron chi connectivity index (χ0n) is 16.6. The Labute approximate surface area is 179 Å². The molecule has 1 amide bonds. The average molecular weight is 448 g/mol. The van der Waals surface area contributed by atoms with Crippen LogP contribution in [0.4, 0.5) is 4.39 Å². The lowest BCUT2D eigenvalue weighted by Crippen LogP contribution is -2.45. The molecule has 30 heavy (non-hydrogen) atoms. The predicted octanol–water partition coefficient (Wildman–Crippen LogP) is 3.28. The van der Waals surface area contributed by atoms with Crippen molar-refractivity contribution in [3.8, 4) is 11.3 Å². The summed E-state index contributed by atoms with van der Waals surface area (Å²) in [5.74, 6) is -1.35. The molecule has 0 saturated heterocycles. The summed E-state index contributed by atoms with van der Waals surface area (Å²) >= 11 is 1.60. The van der Waals surface area contributed by atoms with Crippen LogP contribution in [-0.4, -0.2) is 31.9 Å². The number of hydrogen-bond acceptors (Lipinski definition) is 5. The van der Waals surface area contributed by atoms with E-state index in [9.17, 15) is 17.6 Å². The number of halogens is 1. The Morgan fingerprint density at radius 2 is 1.87 bits per heavy atom. The molecule has 158 valence electrons. The number of carbonyl (C=O) groups excluding carboxylic acids is 1. The van der Waals surface area contributed by atoms with Gasteiger partial charge in [0, 0.05) is 17.5 Å². The molecule has 0 aliphatic carbocycles. The van der Waals surface area contributed by atoms with E-state index in [1.807, 2.05) is 36.6 Å². The highest BCUT2D eigenvalue weighted by Crippen LogP contribution is 2.21. The number of sulfonamides is 1. The van der Waals surface area contributed by atoms with Crippen LogP contribution in [0.5, 0.6) is 0 Å². The number of thiazole rings is 1. The Morgan fingerprint density at radius 3 is 2.50 bits per heavy atom. The van der Waals surface area contributed by atoms with Crippen LogP contribution < -0.4 is 10.0 Å². The first-order valence-electron chi connectivity index (χ1n) is 9.32. The summed E-state index contributed by atoms with van der Waals surface area (Å²) in [6.45, 7) is 3.72. The molecule has 0 aliphatic heterocycles. The summed E-state index contributed by atoms with van der Waals surface area (Å²) in [4.78, 5) is 16.2. The van der Waals surface area contributed by atoms with E-state index in [1.165, 1.54) is 19.1 Å². The first kappa shape index (κ1) is 22.1. The highest BCUT2D eigenvalue weighted by molar-refractivity contribution is 7.89. The van der Waals surface area contributed by atoms with E-state index >= 15 is 0 Å². The topological polar surface area (TPSA) is 88.2 Å². The molecule has 9 heteroatoms. The number of nitrogens with one attached hydrogen (secondary N) is 2. The molecule has 0 unspecified atom stereocenters. The van der Waals surface area contributed by atoms with Gasteiger partial charge in [-0.25, -0.2) is 17.8 Å². The Bertz CT molecular complexity index is 1130. The van der Waals surface area contributed by atoms with Gasteiger partial charge in [0.25, 0.3) is 0 Å². The predicted molar refractivity (Wildman–Crippen MR) is 115 cm³/mol. The minimum atomic E-state index is -4.13. The fraction of sp³-hybridized carbons (Fsp3) is 0.238. The van der Waals surface area contributed by atoms with Gasteiger partial charge in [-0.15, -0.1) is 11.3 Å². The molecule has 0 bridgehead atoms. The van der Waals surface area contributed by atoms with Gasteiger partial charge in [-0.05, 0) is 38.0 Å². The van der Waals surface area contributed by atoms with Crippen LogP contribution >= 0.6 is 11.3 Å². The molecule has 0 radical (unpaired) electrons. The van der Waals surface area contributed by atoms with Gasteiger partial charge in [0.2, 0.25) is 15.9 Å². The van der Waals surface area contributed by atoms with Gasteiger partial charge in [0.1, 0.15) is 10.7 Å². The van der Waals surface area contributed by atoms with Crippen LogP contribution in [-0.2, 0) is 21.2 Å². The molecule has 0 saturated carbocycles. The quantitative estimate of drug-likeness (QED) is 0.555. The Balaban J connectivity index is 1.51. The van der Waals surface area contributed by atoms with Crippen molar-refractivity contribution in [2.75, 3.05) is 6.54 Å². The van der Waals surface area contributed by atoms with Crippen LogP contribution in [0.2, 0.25) is 0 Å². The molecule has 0 spiro atoms. The number of carbonyl (C=O) groups is 1. The van der Waals surface area contributed by atoms with E-state index < -0.39 is 32.7 Å². The normalized spacial score (nSPS) is 12.5. The van der Waals surface area contributed by atoms with Crippen molar-refractivity contribution in [1.29, 1.82) is 0 Å². The number of benzene rings is 2. The van der Waals surface area contributed by atoms with E-state index in [4.69, 9.17) is 0 Å². The number of aryl methyl sites for hydroxylation is 1. The van der Waals surface area contributed by atoms with Crippen molar-refractivity contribution < 1.29 is 17.6 Å². The summed E-state index contributed by atoms with van der Waals surface area (Å²) in [5, 5.41) is 5.72. The molecule has 1 atom stereocenters. The fourth-order valence-electron chi connectivity index (χ4n) is 2.83. The molecule has 2 N–H and O–H groups in total. The molecule has 0 fully saturated rings. The number of aromatic nitrogens is 1. The lowest BCUT2D eigenvalue weighted by atomic mass is 10.1. The lowest BCUT2D eigenvalue weighted by molar-refractivity contribution is -0.122. The van der Waals surface area contributed by atoms with Crippen molar-refractivity contribution >= 4 is 27.3 Å². The second kappa shape index (κ2) is 9.46. The summed E-state index contributed by atoms with van der Waals surface area (Å²) in [6.07, 6.45) is 0.592. The third-order valence-corrected chi connectivity index (χ3v) is 6.78. The fourth-order valence-corrected chi connectivity index (χ4v) is 4.74. The van der Waals surface area contributed by atoms with Gasteiger partial charge in [-0.2, -0.15) is 4.72 Å². The lowest BCUT2D eigenvalue weighted by Gasteiger charge is -2.15. The largest absolute Gasteiger partial charge is 0.354 e. The van der Waals surface area contributed by atoms with Gasteiger partial charge in [-0.1, -0.05) is 36.4 Å². The minimum absolute atomic E-state index is 0.347. The van der Waals surface area contributed by atoms with Gasteiger partial charge in [-0.3, -0.25) is 4.79 Å². The van der Waals surface area contributed by atoms with Gasteiger partial charge >= 0.3 is 0 Å². The Hall–Kier alpha value is -2.62. The van der Waals surface area contributed by atoms with Gasteiger partial charge in [0.15, 0.2) is 0 Å². The Morgan fingerprint density at radius 1 is 1.17 bits per heavy atom. The van der Waals surface area contributed by atoms with Crippen LogP contribution in [0, 0.1) is 12.7 Å². The molecule has 3 aromatic rings. The minimum Gasteiger partial charge on any atom is -0.354 e. The molecule has 6 nitrogen and oxygen atoms in total. The van der Waals surface area contributed by atoms with E-state index in [-0.39, 0.29) is 0 Å². The molecule has 0 aliphatic rings. The zero-order valence-corrected chi connectivity index (χ0v) is 18.2. The maximum Gasteiger partial charge on any atom is 0.244 e. The third kappa shape index (κ3) is 5.50. The van der Waals surface area contributed by atoms with Crippen LogP contribution in [0.1, 0.15) is 17.5 Å². The van der Waals surface area contributed by atoms with Crippen LogP contribution in [0.15, 0.2) is 58.8 Å². The third-order valence-electron chi connectivity index (χ3n) is 4.43. The number of amides is 1. The van der Waals surface area contributed by atoms with E-state index in [0.29, 0.717) is 13.0 Å². The van der Waals surface area contributed by atoms with Crippen LogP contribution in [0.3, 0.4) is 0 Å². The first-order valence-corrected chi connectivity index (χ1v) is 11.7. The SMILES string of the molecule is Cc1nc(-c2ccc(CCNC(=O)[C@H](C)NS(=O)(=O)c3ccccc3F)cc2)cs1. The molecule has 1 heterocycles.